The van der Waals surface area contributed by atoms with E-state index in [1.807, 2.05) is 18.3 Å². The number of aromatic nitrogens is 1. The lowest BCUT2D eigenvalue weighted by atomic mass is 9.85. The van der Waals surface area contributed by atoms with Crippen molar-refractivity contribution in [2.75, 3.05) is 5.73 Å². The van der Waals surface area contributed by atoms with Gasteiger partial charge < -0.3 is 10.3 Å². The van der Waals surface area contributed by atoms with Crippen LogP contribution >= 0.6 is 0 Å². The van der Waals surface area contributed by atoms with Crippen LogP contribution in [0.1, 0.15) is 26.3 Å². The Morgan fingerprint density at radius 1 is 1.18 bits per heavy atom. The molecule has 2 aromatic rings. The minimum Gasteiger partial charge on any atom is -0.399 e. The fourth-order valence-electron chi connectivity index (χ4n) is 2.08. The molecule has 1 aromatic carbocycles. The van der Waals surface area contributed by atoms with Crippen LogP contribution in [-0.4, -0.2) is 4.57 Å². The van der Waals surface area contributed by atoms with Crippen LogP contribution in [0.5, 0.6) is 0 Å². The highest BCUT2D eigenvalue weighted by atomic mass is 16.1. The minimum atomic E-state index is -0.000173. The van der Waals surface area contributed by atoms with Gasteiger partial charge in [-0.05, 0) is 28.5 Å². The second-order valence-electron chi connectivity index (χ2n) is 5.51. The van der Waals surface area contributed by atoms with Crippen LogP contribution in [0.4, 0.5) is 5.69 Å². The van der Waals surface area contributed by atoms with Crippen LogP contribution in [0.2, 0.25) is 0 Å². The minimum absolute atomic E-state index is 0.000173. The van der Waals surface area contributed by atoms with E-state index in [0.29, 0.717) is 11.1 Å². The largest absolute Gasteiger partial charge is 0.399 e. The molecule has 2 N–H and O–H groups in total. The third kappa shape index (κ3) is 1.93. The van der Waals surface area contributed by atoms with Crippen LogP contribution in [0.3, 0.4) is 0 Å². The molecule has 0 amide bonds. The van der Waals surface area contributed by atoms with Gasteiger partial charge in [0, 0.05) is 24.3 Å². The second kappa shape index (κ2) is 3.62. The van der Waals surface area contributed by atoms with Gasteiger partial charge in [0.15, 0.2) is 0 Å². The number of fused-ring (bicyclic) bond motifs is 1. The molecule has 3 nitrogen and oxygen atoms in total. The molecule has 0 aliphatic carbocycles. The summed E-state index contributed by atoms with van der Waals surface area (Å²) in [6, 6.07) is 5.54. The molecule has 90 valence electrons. The molecule has 0 saturated heterocycles. The van der Waals surface area contributed by atoms with E-state index < -0.39 is 0 Å². The van der Waals surface area contributed by atoms with Gasteiger partial charge in [0.2, 0.25) is 0 Å². The van der Waals surface area contributed by atoms with Crippen molar-refractivity contribution in [2.24, 2.45) is 7.05 Å². The van der Waals surface area contributed by atoms with Gasteiger partial charge in [-0.25, -0.2) is 0 Å². The number of benzene rings is 1. The summed E-state index contributed by atoms with van der Waals surface area (Å²) in [5.41, 5.74) is 7.54. The van der Waals surface area contributed by atoms with E-state index in [-0.39, 0.29) is 11.0 Å². The molecule has 0 aliphatic heterocycles. The Morgan fingerprint density at radius 3 is 2.41 bits per heavy atom. The first-order valence-corrected chi connectivity index (χ1v) is 5.70. The summed E-state index contributed by atoms with van der Waals surface area (Å²) >= 11 is 0. The molecule has 3 heteroatoms. The van der Waals surface area contributed by atoms with E-state index in [9.17, 15) is 4.79 Å². The molecule has 17 heavy (non-hydrogen) atoms. The fraction of sp³-hybridized carbons (Fsp3) is 0.357. The highest BCUT2D eigenvalue weighted by Gasteiger charge is 2.19. The molecule has 1 heterocycles. The fourth-order valence-corrected chi connectivity index (χ4v) is 2.08. The number of nitrogens with two attached hydrogens (primary N) is 1. The molecular formula is C14H18N2O. The third-order valence-corrected chi connectivity index (χ3v) is 3.02. The Balaban J connectivity index is 2.97. The van der Waals surface area contributed by atoms with E-state index in [1.54, 1.807) is 17.7 Å². The Hall–Kier alpha value is -1.77. The Labute approximate surface area is 101 Å². The van der Waals surface area contributed by atoms with Crippen molar-refractivity contribution in [3.63, 3.8) is 0 Å². The first-order chi connectivity index (χ1) is 7.80. The topological polar surface area (TPSA) is 48.0 Å². The number of nitrogens with zero attached hydrogens (tertiary/aromatic N) is 1. The number of aryl methyl sites for hydroxylation is 1. The normalized spacial score (nSPS) is 12.0. The van der Waals surface area contributed by atoms with Crippen molar-refractivity contribution in [2.45, 2.75) is 26.2 Å². The Morgan fingerprint density at radius 2 is 1.82 bits per heavy atom. The maximum absolute atomic E-state index is 12.1. The zero-order chi connectivity index (χ0) is 12.8. The number of anilines is 1. The molecule has 0 saturated carbocycles. The molecule has 0 radical (unpaired) electrons. The second-order valence-corrected chi connectivity index (χ2v) is 5.51. The summed E-state index contributed by atoms with van der Waals surface area (Å²) in [5, 5.41) is 1.69. The average Bonchev–Trinajstić information content (AvgIpc) is 2.22. The van der Waals surface area contributed by atoms with E-state index >= 15 is 0 Å². The molecule has 0 bridgehead atoms. The Kier molecular flexibility index (Phi) is 2.49. The maximum atomic E-state index is 12.1. The lowest BCUT2D eigenvalue weighted by molar-refractivity contribution is 0.587. The average molecular weight is 230 g/mol. The van der Waals surface area contributed by atoms with E-state index in [2.05, 4.69) is 20.8 Å². The SMILES string of the molecule is Cn1cc(C(C)(C)C)c2ccc(N)cc2c1=O. The van der Waals surface area contributed by atoms with E-state index in [1.165, 1.54) is 0 Å². The predicted octanol–water partition coefficient (Wildman–Crippen LogP) is 2.42. The zero-order valence-electron chi connectivity index (χ0n) is 10.7. The molecule has 1 aromatic heterocycles. The van der Waals surface area contributed by atoms with Gasteiger partial charge in [0.25, 0.3) is 5.56 Å². The van der Waals surface area contributed by atoms with E-state index in [4.69, 9.17) is 5.73 Å². The summed E-state index contributed by atoms with van der Waals surface area (Å²) in [5.74, 6) is 0. The summed E-state index contributed by atoms with van der Waals surface area (Å²) in [7, 11) is 1.78. The molecule has 0 aliphatic rings. The van der Waals surface area contributed by atoms with Crippen LogP contribution in [0.25, 0.3) is 10.8 Å². The van der Waals surface area contributed by atoms with Crippen LogP contribution in [-0.2, 0) is 12.5 Å². The summed E-state index contributed by atoms with van der Waals surface area (Å²) in [6.07, 6.45) is 1.92. The smallest absolute Gasteiger partial charge is 0.258 e. The van der Waals surface area contributed by atoms with Crippen molar-refractivity contribution in [3.8, 4) is 0 Å². The molecule has 0 unspecified atom stereocenters. The van der Waals surface area contributed by atoms with Gasteiger partial charge in [-0.15, -0.1) is 0 Å². The van der Waals surface area contributed by atoms with Gasteiger partial charge in [-0.1, -0.05) is 26.8 Å². The summed E-state index contributed by atoms with van der Waals surface area (Å²) in [6.45, 7) is 6.42. The standard InChI is InChI=1S/C14H18N2O/c1-14(2,3)12-8-16(4)13(17)11-7-9(15)5-6-10(11)12/h5-8H,15H2,1-4H3. The molecule has 0 spiro atoms. The quantitative estimate of drug-likeness (QED) is 0.706. The summed E-state index contributed by atoms with van der Waals surface area (Å²) < 4.78 is 1.63. The van der Waals surface area contributed by atoms with Gasteiger partial charge >= 0.3 is 0 Å². The van der Waals surface area contributed by atoms with Crippen LogP contribution in [0, 0.1) is 0 Å². The monoisotopic (exact) mass is 230 g/mol. The number of hydrogen-bond acceptors (Lipinski definition) is 2. The van der Waals surface area contributed by atoms with Gasteiger partial charge in [0.1, 0.15) is 0 Å². The van der Waals surface area contributed by atoms with Gasteiger partial charge in [-0.2, -0.15) is 0 Å². The number of hydrogen-bond donors (Lipinski definition) is 1. The lowest BCUT2D eigenvalue weighted by Gasteiger charge is -2.22. The number of rotatable bonds is 0. The maximum Gasteiger partial charge on any atom is 0.258 e. The van der Waals surface area contributed by atoms with Gasteiger partial charge in [0.05, 0.1) is 0 Å². The van der Waals surface area contributed by atoms with Crippen molar-refractivity contribution < 1.29 is 0 Å². The Bertz CT molecular complexity index is 633. The zero-order valence-corrected chi connectivity index (χ0v) is 10.7. The molecular weight excluding hydrogens is 212 g/mol. The molecule has 0 atom stereocenters. The van der Waals surface area contributed by atoms with E-state index in [0.717, 1.165) is 10.9 Å². The predicted molar refractivity (Wildman–Crippen MR) is 72.3 cm³/mol. The van der Waals surface area contributed by atoms with Crippen LogP contribution in [0.15, 0.2) is 29.2 Å². The highest BCUT2D eigenvalue weighted by molar-refractivity contribution is 5.88. The third-order valence-electron chi connectivity index (χ3n) is 3.02. The first kappa shape index (κ1) is 11.7. The van der Waals surface area contributed by atoms with Crippen molar-refractivity contribution in [1.82, 2.24) is 4.57 Å². The van der Waals surface area contributed by atoms with Crippen molar-refractivity contribution in [1.29, 1.82) is 0 Å². The first-order valence-electron chi connectivity index (χ1n) is 5.70. The van der Waals surface area contributed by atoms with Crippen LogP contribution < -0.4 is 11.3 Å². The summed E-state index contributed by atoms with van der Waals surface area (Å²) in [4.78, 5) is 12.1. The van der Waals surface area contributed by atoms with Gasteiger partial charge in [-0.3, -0.25) is 4.79 Å². The lowest BCUT2D eigenvalue weighted by Crippen LogP contribution is -2.22. The van der Waals surface area contributed by atoms with Crippen molar-refractivity contribution >= 4 is 16.5 Å². The number of pyridine rings is 1. The van der Waals surface area contributed by atoms with Crippen molar-refractivity contribution in [3.05, 3.63) is 40.3 Å². The molecule has 2 rings (SSSR count). The molecule has 0 fully saturated rings. The number of nitrogen functional groups attached to an aromatic ring is 1. The highest BCUT2D eigenvalue weighted by Crippen LogP contribution is 2.28.